The highest BCUT2D eigenvalue weighted by atomic mass is 32.2. The number of thiazole rings is 1. The summed E-state index contributed by atoms with van der Waals surface area (Å²) in [7, 11) is -4.38. The number of hydrogen-bond donors (Lipinski definition) is 5. The molecule has 3 aliphatic heterocycles. The molecule has 0 aliphatic carbocycles. The number of likely N-dealkylation sites (tertiary alicyclic amines) is 1. The molecule has 3 aromatic carbocycles. The Kier molecular flexibility index (Phi) is 16.1. The maximum atomic E-state index is 15.8. The molecule has 76 heavy (non-hydrogen) atoms. The van der Waals surface area contributed by atoms with Crippen LogP contribution in [-0.2, 0) is 37.6 Å². The lowest BCUT2D eigenvalue weighted by molar-refractivity contribution is -0.144. The second-order valence-electron chi connectivity index (χ2n) is 20.8. The van der Waals surface area contributed by atoms with Crippen molar-refractivity contribution in [3.05, 3.63) is 124 Å². The minimum Gasteiger partial charge on any atom is -0.391 e. The normalized spacial score (nSPS) is 19.3. The van der Waals surface area contributed by atoms with E-state index < -0.39 is 81.1 Å². The number of aliphatic hydroxyl groups is 1. The molecule has 5 N–H and O–H groups in total. The molecule has 0 unspecified atom stereocenters. The number of halogens is 3. The van der Waals surface area contributed by atoms with E-state index in [0.29, 0.717) is 29.7 Å². The number of rotatable bonds is 17. The van der Waals surface area contributed by atoms with Crippen LogP contribution >= 0.6 is 11.3 Å². The van der Waals surface area contributed by atoms with Crippen molar-refractivity contribution >= 4 is 61.8 Å². The summed E-state index contributed by atoms with van der Waals surface area (Å²) in [4.78, 5) is 73.6. The monoisotopic (exact) mass is 1080 g/mol. The number of amides is 3. The van der Waals surface area contributed by atoms with Crippen LogP contribution in [0.3, 0.4) is 0 Å². The molecule has 0 spiro atoms. The first-order valence-corrected chi connectivity index (χ1v) is 27.5. The molecule has 17 nitrogen and oxygen atoms in total. The summed E-state index contributed by atoms with van der Waals surface area (Å²) in [6, 6.07) is 17.2. The number of H-pyrrole nitrogens is 1. The number of aryl methyl sites for hydroxylation is 1. The number of β-amino-alcohol motifs (C(OH)–C–C–N with tert-alkyl or cyclic N) is 1. The molecule has 6 heterocycles. The third-order valence-corrected chi connectivity index (χ3v) is 16.8. The fourth-order valence-electron chi connectivity index (χ4n) is 9.94. The summed E-state index contributed by atoms with van der Waals surface area (Å²) in [5.41, 5.74) is 5.11. The maximum absolute atomic E-state index is 15.8. The van der Waals surface area contributed by atoms with Gasteiger partial charge in [-0.15, -0.1) is 11.3 Å². The highest BCUT2D eigenvalue weighted by molar-refractivity contribution is 7.90. The predicted molar refractivity (Wildman–Crippen MR) is 283 cm³/mol. The van der Waals surface area contributed by atoms with Gasteiger partial charge in [-0.05, 0) is 65.6 Å². The number of benzene rings is 3. The van der Waals surface area contributed by atoms with Crippen molar-refractivity contribution in [1.82, 2.24) is 44.6 Å². The van der Waals surface area contributed by atoms with Crippen LogP contribution in [0.5, 0.6) is 0 Å². The zero-order chi connectivity index (χ0) is 54.1. The number of anilines is 1. The average molecular weight is 1080 g/mol. The van der Waals surface area contributed by atoms with Crippen LogP contribution < -0.4 is 15.4 Å². The smallest absolute Gasteiger partial charge is 0.301 e. The number of piperazine rings is 1. The molecule has 6 aromatic rings. The summed E-state index contributed by atoms with van der Waals surface area (Å²) in [5.74, 6) is -4.71. The van der Waals surface area contributed by atoms with E-state index in [9.17, 15) is 37.1 Å². The molecule has 22 heteroatoms. The molecule has 3 fully saturated rings. The first-order chi connectivity index (χ1) is 36.2. The van der Waals surface area contributed by atoms with Crippen molar-refractivity contribution in [1.29, 1.82) is 0 Å². The number of nitrogens with one attached hydrogen (secondary N) is 4. The van der Waals surface area contributed by atoms with E-state index in [1.54, 1.807) is 29.1 Å². The molecule has 4 atom stereocenters. The zero-order valence-electron chi connectivity index (χ0n) is 42.6. The van der Waals surface area contributed by atoms with Gasteiger partial charge in [0.25, 0.3) is 0 Å². The van der Waals surface area contributed by atoms with Crippen LogP contribution in [0.15, 0.2) is 84.6 Å². The number of nitrogens with zero attached hydrogens (tertiary/aromatic N) is 6. The Hall–Kier alpha value is -6.56. The largest absolute Gasteiger partial charge is 0.391 e. The molecule has 3 aliphatic rings. The molecule has 0 saturated carbocycles. The Morgan fingerprint density at radius 3 is 2.26 bits per heavy atom. The summed E-state index contributed by atoms with van der Waals surface area (Å²) in [6.45, 7) is 10.8. The summed E-state index contributed by atoms with van der Waals surface area (Å²) in [6.07, 6.45) is 1.49. The summed E-state index contributed by atoms with van der Waals surface area (Å²) < 4.78 is 73.2. The van der Waals surface area contributed by atoms with Crippen LogP contribution in [-0.4, -0.2) is 154 Å². The third kappa shape index (κ3) is 12.2. The van der Waals surface area contributed by atoms with E-state index >= 15 is 8.78 Å². The Balaban J connectivity index is 0.752. The highest BCUT2D eigenvalue weighted by Crippen LogP contribution is 2.32. The number of aliphatic hydroxyl groups excluding tert-OH is 1. The highest BCUT2D eigenvalue weighted by Gasteiger charge is 2.45. The molecule has 3 aromatic heterocycles. The fourth-order valence-corrected chi connectivity index (χ4v) is 12.0. The van der Waals surface area contributed by atoms with Gasteiger partial charge in [-0.3, -0.25) is 28.8 Å². The van der Waals surface area contributed by atoms with Crippen molar-refractivity contribution in [2.45, 2.75) is 77.9 Å². The van der Waals surface area contributed by atoms with Gasteiger partial charge >= 0.3 is 10.2 Å². The number of carbonyl (C=O) groups is 4. The lowest BCUT2D eigenvalue weighted by Gasteiger charge is -2.37. The molecule has 9 rings (SSSR count). The van der Waals surface area contributed by atoms with E-state index in [2.05, 4.69) is 30.5 Å². The second-order valence-corrected chi connectivity index (χ2v) is 23.3. The number of alkyl halides is 1. The van der Waals surface area contributed by atoms with Gasteiger partial charge in [-0.1, -0.05) is 69.3 Å². The van der Waals surface area contributed by atoms with Crippen molar-refractivity contribution in [3.63, 3.8) is 0 Å². The topological polar surface area (TPSA) is 213 Å². The molecule has 0 bridgehead atoms. The molecule has 3 saturated heterocycles. The van der Waals surface area contributed by atoms with Crippen molar-refractivity contribution in [2.24, 2.45) is 5.41 Å². The minimum atomic E-state index is -4.38. The van der Waals surface area contributed by atoms with Gasteiger partial charge in [0.15, 0.2) is 5.82 Å². The number of ketones is 1. The summed E-state index contributed by atoms with van der Waals surface area (Å²) in [5, 5.41) is 16.9. The van der Waals surface area contributed by atoms with E-state index in [1.807, 2.05) is 85.8 Å². The second kappa shape index (κ2) is 22.6. The van der Waals surface area contributed by atoms with Crippen molar-refractivity contribution < 1.29 is 45.9 Å². The lowest BCUT2D eigenvalue weighted by atomic mass is 9.85. The zero-order valence-corrected chi connectivity index (χ0v) is 44.2. The van der Waals surface area contributed by atoms with Gasteiger partial charge in [0.1, 0.15) is 29.7 Å². The Bertz CT molecular complexity index is 3230. The van der Waals surface area contributed by atoms with Gasteiger partial charge in [0, 0.05) is 94.2 Å². The standard InChI is InChI=1S/C54H61F3N10O7S2/c1-32-49(75-31-61-32)36-11-7-34(8-12-36)25-60-52(71)44-24-39(68)29-67(44)53(72)50(54(2,3)4)62-45(69)30-65-21-19-64(20-22-65)17-15-33-5-9-35(10-6-33)37-23-40-41(27-59-51(40)58-26-37)48(70)46-42(56)13-14-43(47(46)57)63-76(73,74)66-18-16-38(55)28-66/h5-14,23,26-27,31,38-39,44,50,63,68H,15-22,24-25,28-30H2,1-4H3,(H,58,59)(H,60,71)(H,62,69)/t38-,39-,44+,50-/m1/s1. The Morgan fingerprint density at radius 2 is 1.59 bits per heavy atom. The molecular weight excluding hydrogens is 1020 g/mol. The number of fused-ring (bicyclic) bond motifs is 1. The van der Waals surface area contributed by atoms with Gasteiger partial charge in [0.2, 0.25) is 23.5 Å². The quantitative estimate of drug-likeness (QED) is 0.0685. The van der Waals surface area contributed by atoms with Crippen LogP contribution in [0, 0.1) is 24.0 Å². The van der Waals surface area contributed by atoms with Gasteiger partial charge in [-0.2, -0.15) is 12.7 Å². The number of pyridine rings is 1. The van der Waals surface area contributed by atoms with Crippen molar-refractivity contribution in [2.75, 3.05) is 63.6 Å². The summed E-state index contributed by atoms with van der Waals surface area (Å²) >= 11 is 1.56. The number of aromatic nitrogens is 3. The average Bonchev–Trinajstić information content (AvgIpc) is 4.22. The van der Waals surface area contributed by atoms with Gasteiger partial charge in [-0.25, -0.2) is 23.1 Å². The fraction of sp³-hybridized carbons (Fsp3) is 0.407. The van der Waals surface area contributed by atoms with Gasteiger partial charge in [0.05, 0.1) is 40.0 Å². The van der Waals surface area contributed by atoms with E-state index in [4.69, 9.17) is 0 Å². The van der Waals surface area contributed by atoms with E-state index in [0.717, 1.165) is 75.3 Å². The SMILES string of the molecule is Cc1ncsc1-c1ccc(CNC(=O)[C@@H]2C[C@@H](O)CN2C(=O)[C@@H](NC(=O)CN2CCN(CCc3ccc(-c4cnc5[nH]cc(C(=O)c6c(F)ccc(NS(=O)(=O)N7CC[C@@H](F)C7)c6F)c5c4)cc3)CC2)C(C)(C)C)cc1. The molecule has 0 radical (unpaired) electrons. The lowest BCUT2D eigenvalue weighted by Crippen LogP contribution is -2.59. The predicted octanol–water partition coefficient (Wildman–Crippen LogP) is 5.84. The Morgan fingerprint density at radius 1 is 0.895 bits per heavy atom. The third-order valence-electron chi connectivity index (χ3n) is 14.3. The van der Waals surface area contributed by atoms with Crippen LogP contribution in [0.25, 0.3) is 32.6 Å². The van der Waals surface area contributed by atoms with Crippen LogP contribution in [0.4, 0.5) is 18.9 Å². The van der Waals surface area contributed by atoms with E-state index in [-0.39, 0.29) is 56.4 Å². The van der Waals surface area contributed by atoms with Crippen LogP contribution in [0.1, 0.15) is 66.4 Å². The first kappa shape index (κ1) is 54.2. The number of hydrogen-bond acceptors (Lipinski definition) is 12. The number of carbonyl (C=O) groups excluding carboxylic acids is 4. The van der Waals surface area contributed by atoms with E-state index in [1.165, 1.54) is 11.1 Å². The Labute approximate surface area is 443 Å². The van der Waals surface area contributed by atoms with Crippen LogP contribution in [0.2, 0.25) is 0 Å². The first-order valence-electron chi connectivity index (χ1n) is 25.2. The van der Waals surface area contributed by atoms with Gasteiger partial charge < -0.3 is 30.5 Å². The molecular formula is C54H61F3N10O7S2. The van der Waals surface area contributed by atoms with Crippen molar-refractivity contribution in [3.8, 4) is 21.6 Å². The molecule has 402 valence electrons. The maximum Gasteiger partial charge on any atom is 0.301 e. The molecule has 3 amide bonds. The minimum absolute atomic E-state index is 0.0100. The number of aromatic amines is 1.